The molecule has 0 bridgehead atoms. The average molecular weight is 317 g/mol. The average Bonchev–Trinajstić information content (AvgIpc) is 2.91. The molecule has 118 valence electrons. The van der Waals surface area contributed by atoms with Crippen molar-refractivity contribution in [3.8, 4) is 0 Å². The molecule has 0 aliphatic carbocycles. The highest BCUT2D eigenvalue weighted by molar-refractivity contribution is 7.03. The van der Waals surface area contributed by atoms with Crippen molar-refractivity contribution in [2.45, 2.75) is 39.3 Å². The molecule has 0 spiro atoms. The molecule has 4 nitrogen and oxygen atoms in total. The van der Waals surface area contributed by atoms with Gasteiger partial charge in [0.25, 0.3) is 5.91 Å². The van der Waals surface area contributed by atoms with Gasteiger partial charge in [-0.15, -0.1) is 0 Å². The molecule has 0 saturated heterocycles. The van der Waals surface area contributed by atoms with E-state index in [9.17, 15) is 4.79 Å². The number of rotatable bonds is 6. The summed E-state index contributed by atoms with van der Waals surface area (Å²) >= 11 is 1.31. The minimum absolute atomic E-state index is 0.0616. The van der Waals surface area contributed by atoms with Crippen LogP contribution in [-0.4, -0.2) is 22.4 Å². The molecular weight excluding hydrogens is 294 g/mol. The lowest BCUT2D eigenvalue weighted by atomic mass is 10.0. The third-order valence-electron chi connectivity index (χ3n) is 3.59. The molecule has 0 fully saturated rings. The Morgan fingerprint density at radius 1 is 1.32 bits per heavy atom. The van der Waals surface area contributed by atoms with Gasteiger partial charge in [-0.3, -0.25) is 4.79 Å². The van der Waals surface area contributed by atoms with Crippen molar-refractivity contribution in [2.24, 2.45) is 0 Å². The van der Waals surface area contributed by atoms with E-state index in [0.717, 1.165) is 5.69 Å². The van der Waals surface area contributed by atoms with Crippen molar-refractivity contribution >= 4 is 17.4 Å². The lowest BCUT2D eigenvalue weighted by Crippen LogP contribution is -2.49. The third-order valence-corrected chi connectivity index (χ3v) is 4.31. The Kier molecular flexibility index (Phi) is 5.32. The van der Waals surface area contributed by atoms with Gasteiger partial charge in [-0.05, 0) is 44.8 Å². The highest BCUT2D eigenvalue weighted by Gasteiger charge is 2.22. The lowest BCUT2D eigenvalue weighted by Gasteiger charge is -2.30. The van der Waals surface area contributed by atoms with E-state index in [-0.39, 0.29) is 17.5 Å². The molecule has 1 amide bonds. The van der Waals surface area contributed by atoms with Crippen LogP contribution in [0.5, 0.6) is 0 Å². The SMILES string of the molecule is Cc1nscc1C(=O)NCC(C)(C)N[C@H](C)c1ccccc1. The molecule has 0 unspecified atom stereocenters. The van der Waals surface area contributed by atoms with E-state index < -0.39 is 0 Å². The maximum Gasteiger partial charge on any atom is 0.254 e. The monoisotopic (exact) mass is 317 g/mol. The highest BCUT2D eigenvalue weighted by Crippen LogP contribution is 2.16. The Bertz CT molecular complexity index is 622. The van der Waals surface area contributed by atoms with Gasteiger partial charge in [0.15, 0.2) is 0 Å². The van der Waals surface area contributed by atoms with Crippen molar-refractivity contribution in [3.63, 3.8) is 0 Å². The van der Waals surface area contributed by atoms with Crippen LogP contribution in [0.15, 0.2) is 35.7 Å². The molecule has 2 N–H and O–H groups in total. The second-order valence-electron chi connectivity index (χ2n) is 6.16. The number of nitrogens with one attached hydrogen (secondary N) is 2. The molecule has 1 aromatic heterocycles. The lowest BCUT2D eigenvalue weighted by molar-refractivity contribution is 0.0940. The van der Waals surface area contributed by atoms with Crippen molar-refractivity contribution in [1.82, 2.24) is 15.0 Å². The van der Waals surface area contributed by atoms with Crippen LogP contribution in [0.3, 0.4) is 0 Å². The fourth-order valence-electron chi connectivity index (χ4n) is 2.37. The van der Waals surface area contributed by atoms with E-state index in [4.69, 9.17) is 0 Å². The minimum atomic E-state index is -0.206. The summed E-state index contributed by atoms with van der Waals surface area (Å²) in [6.07, 6.45) is 0. The second-order valence-corrected chi connectivity index (χ2v) is 6.79. The van der Waals surface area contributed by atoms with Crippen molar-refractivity contribution < 1.29 is 4.79 Å². The van der Waals surface area contributed by atoms with E-state index >= 15 is 0 Å². The number of amides is 1. The van der Waals surface area contributed by atoms with E-state index in [1.165, 1.54) is 17.1 Å². The molecule has 1 atom stereocenters. The van der Waals surface area contributed by atoms with Crippen molar-refractivity contribution in [2.75, 3.05) is 6.54 Å². The van der Waals surface area contributed by atoms with E-state index in [2.05, 4.69) is 47.9 Å². The number of aryl methyl sites for hydroxylation is 1. The van der Waals surface area contributed by atoms with Crippen LogP contribution in [0.1, 0.15) is 48.4 Å². The van der Waals surface area contributed by atoms with Gasteiger partial charge in [-0.25, -0.2) is 0 Å². The maximum absolute atomic E-state index is 12.2. The molecule has 5 heteroatoms. The summed E-state index contributed by atoms with van der Waals surface area (Å²) in [5.74, 6) is -0.0616. The number of hydrogen-bond donors (Lipinski definition) is 2. The fraction of sp³-hybridized carbons (Fsp3) is 0.412. The summed E-state index contributed by atoms with van der Waals surface area (Å²) in [7, 11) is 0. The Morgan fingerprint density at radius 2 is 2.00 bits per heavy atom. The molecule has 2 aromatic rings. The molecular formula is C17H23N3OS. The first-order chi connectivity index (χ1) is 10.4. The topological polar surface area (TPSA) is 54.0 Å². The number of carbonyl (C=O) groups is 1. The summed E-state index contributed by atoms with van der Waals surface area (Å²) in [4.78, 5) is 12.2. The van der Waals surface area contributed by atoms with Gasteiger partial charge in [0.1, 0.15) is 0 Å². The zero-order chi connectivity index (χ0) is 16.2. The van der Waals surface area contributed by atoms with E-state index in [1.54, 1.807) is 5.38 Å². The number of benzene rings is 1. The molecule has 1 aromatic carbocycles. The van der Waals surface area contributed by atoms with E-state index in [1.807, 2.05) is 25.1 Å². The Hall–Kier alpha value is -1.72. The molecule has 22 heavy (non-hydrogen) atoms. The summed E-state index contributed by atoms with van der Waals surface area (Å²) in [6, 6.07) is 10.5. The van der Waals surface area contributed by atoms with Crippen LogP contribution in [0, 0.1) is 6.92 Å². The smallest absolute Gasteiger partial charge is 0.254 e. The summed E-state index contributed by atoms with van der Waals surface area (Å²) in [5.41, 5.74) is 2.48. The standard InChI is InChI=1S/C17H23N3OS/c1-12(14-8-6-5-7-9-14)19-17(3,4)11-18-16(21)15-10-22-20-13(15)2/h5-10,12,19H,11H2,1-4H3,(H,18,21)/t12-/m1/s1. The van der Waals surface area contributed by atoms with Crippen LogP contribution in [0.25, 0.3) is 0 Å². The third kappa shape index (κ3) is 4.39. The van der Waals surface area contributed by atoms with Crippen molar-refractivity contribution in [3.05, 3.63) is 52.5 Å². The number of nitrogens with zero attached hydrogens (tertiary/aromatic N) is 1. The number of aromatic nitrogens is 1. The Balaban J connectivity index is 1.91. The first-order valence-corrected chi connectivity index (χ1v) is 8.24. The quantitative estimate of drug-likeness (QED) is 0.859. The normalized spacial score (nSPS) is 12.9. The zero-order valence-electron chi connectivity index (χ0n) is 13.5. The van der Waals surface area contributed by atoms with Crippen LogP contribution in [-0.2, 0) is 0 Å². The Labute approximate surface area is 136 Å². The van der Waals surface area contributed by atoms with Gasteiger partial charge in [0.2, 0.25) is 0 Å². The zero-order valence-corrected chi connectivity index (χ0v) is 14.3. The van der Waals surface area contributed by atoms with E-state index in [0.29, 0.717) is 12.1 Å². The van der Waals surface area contributed by atoms with Gasteiger partial charge < -0.3 is 10.6 Å². The minimum Gasteiger partial charge on any atom is -0.350 e. The first kappa shape index (κ1) is 16.6. The van der Waals surface area contributed by atoms with Gasteiger partial charge in [-0.1, -0.05) is 30.3 Å². The number of carbonyl (C=O) groups excluding carboxylic acids is 1. The van der Waals surface area contributed by atoms with Gasteiger partial charge in [0, 0.05) is 23.5 Å². The summed E-state index contributed by atoms with van der Waals surface area (Å²) in [5, 5.41) is 8.34. The van der Waals surface area contributed by atoms with Gasteiger partial charge >= 0.3 is 0 Å². The molecule has 0 aliphatic rings. The predicted octanol–water partition coefficient (Wildman–Crippen LogP) is 3.31. The van der Waals surface area contributed by atoms with Crippen LogP contribution in [0.2, 0.25) is 0 Å². The second kappa shape index (κ2) is 7.03. The summed E-state index contributed by atoms with van der Waals surface area (Å²) < 4.78 is 4.14. The maximum atomic E-state index is 12.2. The van der Waals surface area contributed by atoms with Gasteiger partial charge in [-0.2, -0.15) is 4.37 Å². The fourth-order valence-corrected chi connectivity index (χ4v) is 3.06. The van der Waals surface area contributed by atoms with Crippen LogP contribution in [0.4, 0.5) is 0 Å². The Morgan fingerprint density at radius 3 is 2.59 bits per heavy atom. The number of hydrogen-bond acceptors (Lipinski definition) is 4. The largest absolute Gasteiger partial charge is 0.350 e. The van der Waals surface area contributed by atoms with Gasteiger partial charge in [0.05, 0.1) is 11.3 Å². The molecule has 0 radical (unpaired) electrons. The predicted molar refractivity (Wildman–Crippen MR) is 91.3 cm³/mol. The van der Waals surface area contributed by atoms with Crippen LogP contribution >= 0.6 is 11.5 Å². The molecule has 1 heterocycles. The highest BCUT2D eigenvalue weighted by atomic mass is 32.1. The first-order valence-electron chi connectivity index (χ1n) is 7.41. The van der Waals surface area contributed by atoms with Crippen molar-refractivity contribution in [1.29, 1.82) is 0 Å². The molecule has 2 rings (SSSR count). The molecule has 0 aliphatic heterocycles. The van der Waals surface area contributed by atoms with Crippen LogP contribution < -0.4 is 10.6 Å². The summed E-state index contributed by atoms with van der Waals surface area (Å²) in [6.45, 7) is 8.72. The molecule has 0 saturated carbocycles.